The Hall–Kier alpha value is 0. The quantitative estimate of drug-likeness (QED) is 0.515. The maximum atomic E-state index is 2.47. The molecule has 3 rings (SSSR count). The molecule has 0 aromatic rings. The van der Waals surface area contributed by atoms with E-state index in [-0.39, 0.29) is 0 Å². The molecule has 0 radical (unpaired) electrons. The number of rotatable bonds is 0. The molecule has 2 bridgehead atoms. The predicted molar refractivity (Wildman–Crippen MR) is 66.9 cm³/mol. The van der Waals surface area contributed by atoms with E-state index in [1.165, 1.54) is 38.5 Å². The SMILES string of the molecule is CC1CCCCCC2CCC(CC1)CC2. The van der Waals surface area contributed by atoms with Crippen LogP contribution in [0.2, 0.25) is 0 Å². The zero-order chi connectivity index (χ0) is 10.5. The van der Waals surface area contributed by atoms with E-state index < -0.39 is 0 Å². The third kappa shape index (κ3) is 3.81. The van der Waals surface area contributed by atoms with Crippen molar-refractivity contribution in [2.75, 3.05) is 0 Å². The summed E-state index contributed by atoms with van der Waals surface area (Å²) in [7, 11) is 0. The maximum absolute atomic E-state index is 2.47. The molecule has 3 aliphatic carbocycles. The molecular weight excluding hydrogens is 180 g/mol. The highest BCUT2D eigenvalue weighted by Crippen LogP contribution is 2.36. The third-order valence-corrected chi connectivity index (χ3v) is 4.84. The van der Waals surface area contributed by atoms with Gasteiger partial charge in [-0.1, -0.05) is 77.6 Å². The summed E-state index contributed by atoms with van der Waals surface area (Å²) in [5.74, 6) is 3.21. The van der Waals surface area contributed by atoms with Crippen molar-refractivity contribution in [3.05, 3.63) is 0 Å². The first kappa shape index (κ1) is 11.5. The molecule has 0 N–H and O–H groups in total. The summed E-state index contributed by atoms with van der Waals surface area (Å²) in [5, 5.41) is 0. The van der Waals surface area contributed by atoms with Crippen LogP contribution in [0.25, 0.3) is 0 Å². The van der Waals surface area contributed by atoms with Gasteiger partial charge < -0.3 is 0 Å². The normalized spacial score (nSPS) is 39.4. The van der Waals surface area contributed by atoms with Crippen molar-refractivity contribution < 1.29 is 0 Å². The van der Waals surface area contributed by atoms with Crippen LogP contribution in [0.3, 0.4) is 0 Å². The Morgan fingerprint density at radius 2 is 1.07 bits per heavy atom. The molecule has 1 atom stereocenters. The van der Waals surface area contributed by atoms with Gasteiger partial charge in [-0.25, -0.2) is 0 Å². The Labute approximate surface area is 95.8 Å². The Morgan fingerprint density at radius 3 is 1.80 bits per heavy atom. The van der Waals surface area contributed by atoms with E-state index in [9.17, 15) is 0 Å². The van der Waals surface area contributed by atoms with Gasteiger partial charge in [-0.15, -0.1) is 0 Å². The summed E-state index contributed by atoms with van der Waals surface area (Å²) in [6, 6.07) is 0. The topological polar surface area (TPSA) is 0 Å². The fourth-order valence-corrected chi connectivity index (χ4v) is 3.58. The molecule has 0 spiro atoms. The van der Waals surface area contributed by atoms with E-state index in [1.807, 2.05) is 0 Å². The van der Waals surface area contributed by atoms with Gasteiger partial charge in [0.25, 0.3) is 0 Å². The molecule has 0 heterocycles. The molecule has 1 unspecified atom stereocenters. The smallest absolute Gasteiger partial charge is 0.0414 e. The van der Waals surface area contributed by atoms with Crippen molar-refractivity contribution in [2.24, 2.45) is 17.8 Å². The summed E-state index contributed by atoms with van der Waals surface area (Å²) in [6.45, 7) is 2.47. The second-order valence-corrected chi connectivity index (χ2v) is 6.21. The second-order valence-electron chi connectivity index (χ2n) is 6.21. The number of fused-ring (bicyclic) bond motifs is 9. The van der Waals surface area contributed by atoms with Gasteiger partial charge in [0.1, 0.15) is 0 Å². The van der Waals surface area contributed by atoms with Crippen LogP contribution in [0.5, 0.6) is 0 Å². The summed E-state index contributed by atoms with van der Waals surface area (Å²) >= 11 is 0. The van der Waals surface area contributed by atoms with Crippen LogP contribution in [0.15, 0.2) is 0 Å². The lowest BCUT2D eigenvalue weighted by Crippen LogP contribution is -2.16. The van der Waals surface area contributed by atoms with Gasteiger partial charge in [-0.2, -0.15) is 0 Å². The van der Waals surface area contributed by atoms with Crippen molar-refractivity contribution in [3.8, 4) is 0 Å². The molecule has 0 saturated heterocycles. The Bertz CT molecular complexity index is 162. The Balaban J connectivity index is 1.83. The van der Waals surface area contributed by atoms with E-state index in [0.29, 0.717) is 0 Å². The zero-order valence-electron chi connectivity index (χ0n) is 10.5. The molecule has 3 saturated carbocycles. The highest BCUT2D eigenvalue weighted by atomic mass is 14.3. The largest absolute Gasteiger partial charge is 0.0625 e. The van der Waals surface area contributed by atoms with E-state index in [2.05, 4.69) is 6.92 Å². The van der Waals surface area contributed by atoms with E-state index >= 15 is 0 Å². The summed E-state index contributed by atoms with van der Waals surface area (Å²) < 4.78 is 0. The molecule has 15 heavy (non-hydrogen) atoms. The van der Waals surface area contributed by atoms with Gasteiger partial charge in [0, 0.05) is 0 Å². The third-order valence-electron chi connectivity index (χ3n) is 4.84. The van der Waals surface area contributed by atoms with Crippen LogP contribution in [0, 0.1) is 17.8 Å². The van der Waals surface area contributed by atoms with E-state index in [0.717, 1.165) is 17.8 Å². The van der Waals surface area contributed by atoms with Crippen LogP contribution in [0.1, 0.15) is 77.6 Å². The fourth-order valence-electron chi connectivity index (χ4n) is 3.58. The van der Waals surface area contributed by atoms with Gasteiger partial charge in [0.05, 0.1) is 0 Å². The molecule has 3 fully saturated rings. The average Bonchev–Trinajstić information content (AvgIpc) is 2.25. The number of hydrogen-bond donors (Lipinski definition) is 0. The summed E-state index contributed by atoms with van der Waals surface area (Å²) in [4.78, 5) is 0. The van der Waals surface area contributed by atoms with Crippen LogP contribution < -0.4 is 0 Å². The maximum Gasteiger partial charge on any atom is -0.0414 e. The minimum atomic E-state index is 1.00. The molecule has 0 amide bonds. The zero-order valence-corrected chi connectivity index (χ0v) is 10.5. The lowest BCUT2D eigenvalue weighted by molar-refractivity contribution is 0.230. The second kappa shape index (κ2) is 5.92. The lowest BCUT2D eigenvalue weighted by atomic mass is 9.76. The highest BCUT2D eigenvalue weighted by Gasteiger charge is 2.21. The van der Waals surface area contributed by atoms with Crippen molar-refractivity contribution in [1.82, 2.24) is 0 Å². The first-order valence-electron chi connectivity index (χ1n) is 7.34. The van der Waals surface area contributed by atoms with Crippen LogP contribution in [0.4, 0.5) is 0 Å². The molecule has 0 aromatic heterocycles. The molecular formula is C15H28. The van der Waals surface area contributed by atoms with Crippen LogP contribution in [-0.4, -0.2) is 0 Å². The van der Waals surface area contributed by atoms with E-state index in [1.54, 1.807) is 32.1 Å². The lowest BCUT2D eigenvalue weighted by Gasteiger charge is -2.30. The molecule has 0 aliphatic heterocycles. The van der Waals surface area contributed by atoms with Crippen LogP contribution >= 0.6 is 0 Å². The minimum Gasteiger partial charge on any atom is -0.0625 e. The summed E-state index contributed by atoms with van der Waals surface area (Å²) in [6.07, 6.45) is 16.8. The standard InChI is InChI=1S/C15H28/c1-13-5-3-2-4-6-14-9-11-15(8-7-13)12-10-14/h13-15H,2-12H2,1H3. The van der Waals surface area contributed by atoms with Crippen molar-refractivity contribution in [1.29, 1.82) is 0 Å². The predicted octanol–water partition coefficient (Wildman–Crippen LogP) is 5.17. The van der Waals surface area contributed by atoms with E-state index in [4.69, 9.17) is 0 Å². The van der Waals surface area contributed by atoms with Crippen molar-refractivity contribution in [3.63, 3.8) is 0 Å². The molecule has 0 aromatic carbocycles. The van der Waals surface area contributed by atoms with Gasteiger partial charge in [-0.3, -0.25) is 0 Å². The fraction of sp³-hybridized carbons (Fsp3) is 1.00. The Kier molecular flexibility index (Phi) is 4.53. The Morgan fingerprint density at radius 1 is 0.533 bits per heavy atom. The van der Waals surface area contributed by atoms with Gasteiger partial charge in [0.15, 0.2) is 0 Å². The van der Waals surface area contributed by atoms with Gasteiger partial charge >= 0.3 is 0 Å². The van der Waals surface area contributed by atoms with Crippen molar-refractivity contribution >= 4 is 0 Å². The molecule has 0 heteroatoms. The monoisotopic (exact) mass is 208 g/mol. The first-order chi connectivity index (χ1) is 7.34. The minimum absolute atomic E-state index is 1.00. The number of hydrogen-bond acceptors (Lipinski definition) is 0. The molecule has 3 aliphatic rings. The highest BCUT2D eigenvalue weighted by molar-refractivity contribution is 4.74. The van der Waals surface area contributed by atoms with Crippen LogP contribution in [-0.2, 0) is 0 Å². The van der Waals surface area contributed by atoms with Gasteiger partial charge in [-0.05, 0) is 17.8 Å². The summed E-state index contributed by atoms with van der Waals surface area (Å²) in [5.41, 5.74) is 0. The van der Waals surface area contributed by atoms with Gasteiger partial charge in [0.2, 0.25) is 0 Å². The molecule has 0 nitrogen and oxygen atoms in total. The molecule has 88 valence electrons. The van der Waals surface area contributed by atoms with Crippen molar-refractivity contribution in [2.45, 2.75) is 77.6 Å². The average molecular weight is 208 g/mol. The first-order valence-corrected chi connectivity index (χ1v) is 7.34.